The third-order valence-electron chi connectivity index (χ3n) is 3.06. The van der Waals surface area contributed by atoms with Crippen molar-refractivity contribution in [2.75, 3.05) is 7.11 Å². The van der Waals surface area contributed by atoms with Crippen LogP contribution in [0, 0.1) is 5.82 Å². The number of fused-ring (bicyclic) bond motifs is 1. The fourth-order valence-electron chi connectivity index (χ4n) is 2.06. The number of aromatic amines is 1. The van der Waals surface area contributed by atoms with Gasteiger partial charge in [-0.1, -0.05) is 11.6 Å². The van der Waals surface area contributed by atoms with Gasteiger partial charge in [0.25, 0.3) is 0 Å². The van der Waals surface area contributed by atoms with Gasteiger partial charge in [0.15, 0.2) is 0 Å². The standard InChI is InChI=1S/C15H11ClFNO/c1-19-11-3-5-14-10(6-11)8-15(18-14)9-2-4-13(17)12(16)7-9/h2-8,18H,1H3. The number of rotatable bonds is 2. The lowest BCUT2D eigenvalue weighted by atomic mass is 10.1. The Labute approximate surface area is 114 Å². The summed E-state index contributed by atoms with van der Waals surface area (Å²) in [5.41, 5.74) is 2.74. The minimum absolute atomic E-state index is 0.119. The number of H-pyrrole nitrogens is 1. The van der Waals surface area contributed by atoms with E-state index >= 15 is 0 Å². The van der Waals surface area contributed by atoms with Gasteiger partial charge in [0.1, 0.15) is 11.6 Å². The molecule has 3 aromatic rings. The van der Waals surface area contributed by atoms with Crippen molar-refractivity contribution in [2.45, 2.75) is 0 Å². The average molecular weight is 276 g/mol. The van der Waals surface area contributed by atoms with E-state index < -0.39 is 5.82 Å². The maximum Gasteiger partial charge on any atom is 0.141 e. The SMILES string of the molecule is COc1ccc2[nH]c(-c3ccc(F)c(Cl)c3)cc2c1. The van der Waals surface area contributed by atoms with Crippen LogP contribution in [0.3, 0.4) is 0 Å². The second-order valence-electron chi connectivity index (χ2n) is 4.27. The Bertz CT molecular complexity index is 751. The molecular formula is C15H11ClFNO. The van der Waals surface area contributed by atoms with Crippen LogP contribution in [0.15, 0.2) is 42.5 Å². The Morgan fingerprint density at radius 3 is 2.68 bits per heavy atom. The third-order valence-corrected chi connectivity index (χ3v) is 3.35. The van der Waals surface area contributed by atoms with Crippen LogP contribution in [0.5, 0.6) is 5.75 Å². The van der Waals surface area contributed by atoms with Crippen LogP contribution in [0.2, 0.25) is 5.02 Å². The second kappa shape index (κ2) is 4.59. The van der Waals surface area contributed by atoms with Crippen LogP contribution in [0.1, 0.15) is 0 Å². The molecule has 1 N–H and O–H groups in total. The van der Waals surface area contributed by atoms with E-state index in [-0.39, 0.29) is 5.02 Å². The molecule has 0 radical (unpaired) electrons. The van der Waals surface area contributed by atoms with Gasteiger partial charge in [-0.15, -0.1) is 0 Å². The molecule has 2 nitrogen and oxygen atoms in total. The Kier molecular flexibility index (Phi) is 2.91. The molecule has 0 saturated heterocycles. The predicted molar refractivity (Wildman–Crippen MR) is 75.3 cm³/mol. The number of nitrogens with one attached hydrogen (secondary N) is 1. The molecule has 96 valence electrons. The highest BCUT2D eigenvalue weighted by molar-refractivity contribution is 6.31. The van der Waals surface area contributed by atoms with Crippen molar-refractivity contribution < 1.29 is 9.13 Å². The fraction of sp³-hybridized carbons (Fsp3) is 0.0667. The lowest BCUT2D eigenvalue weighted by Crippen LogP contribution is -1.81. The molecular weight excluding hydrogens is 265 g/mol. The van der Waals surface area contributed by atoms with E-state index in [9.17, 15) is 4.39 Å². The molecule has 0 bridgehead atoms. The van der Waals surface area contributed by atoms with Crippen LogP contribution in [0.4, 0.5) is 4.39 Å². The number of aromatic nitrogens is 1. The van der Waals surface area contributed by atoms with Crippen molar-refractivity contribution in [3.05, 3.63) is 53.3 Å². The maximum atomic E-state index is 13.2. The van der Waals surface area contributed by atoms with E-state index in [0.717, 1.165) is 27.9 Å². The van der Waals surface area contributed by atoms with Crippen LogP contribution in [0.25, 0.3) is 22.2 Å². The van der Waals surface area contributed by atoms with Gasteiger partial charge < -0.3 is 9.72 Å². The molecule has 1 heterocycles. The van der Waals surface area contributed by atoms with Gasteiger partial charge >= 0.3 is 0 Å². The summed E-state index contributed by atoms with van der Waals surface area (Å²) >= 11 is 5.80. The highest BCUT2D eigenvalue weighted by Gasteiger charge is 2.07. The largest absolute Gasteiger partial charge is 0.497 e. The van der Waals surface area contributed by atoms with Crippen LogP contribution < -0.4 is 4.74 Å². The summed E-state index contributed by atoms with van der Waals surface area (Å²) in [6.07, 6.45) is 0. The highest BCUT2D eigenvalue weighted by atomic mass is 35.5. The summed E-state index contributed by atoms with van der Waals surface area (Å²) in [6.45, 7) is 0. The first-order valence-electron chi connectivity index (χ1n) is 5.79. The number of methoxy groups -OCH3 is 1. The topological polar surface area (TPSA) is 25.0 Å². The first-order chi connectivity index (χ1) is 9.17. The summed E-state index contributed by atoms with van der Waals surface area (Å²) in [7, 11) is 1.63. The zero-order chi connectivity index (χ0) is 13.4. The van der Waals surface area contributed by atoms with E-state index in [1.165, 1.54) is 6.07 Å². The molecule has 3 rings (SSSR count). The molecule has 0 aliphatic heterocycles. The molecule has 0 atom stereocenters. The maximum absolute atomic E-state index is 13.2. The summed E-state index contributed by atoms with van der Waals surface area (Å²) in [5, 5.41) is 1.16. The van der Waals surface area contributed by atoms with Gasteiger partial charge in [0.05, 0.1) is 12.1 Å². The minimum Gasteiger partial charge on any atom is -0.497 e. The van der Waals surface area contributed by atoms with Crippen LogP contribution in [-0.2, 0) is 0 Å². The monoisotopic (exact) mass is 275 g/mol. The van der Waals surface area contributed by atoms with E-state index in [4.69, 9.17) is 16.3 Å². The minimum atomic E-state index is -0.414. The van der Waals surface area contributed by atoms with Crippen LogP contribution in [-0.4, -0.2) is 12.1 Å². The van der Waals surface area contributed by atoms with Crippen molar-refractivity contribution >= 4 is 22.5 Å². The molecule has 4 heteroatoms. The fourth-order valence-corrected chi connectivity index (χ4v) is 2.24. The van der Waals surface area contributed by atoms with Crippen molar-refractivity contribution in [1.29, 1.82) is 0 Å². The lowest BCUT2D eigenvalue weighted by molar-refractivity contribution is 0.415. The third kappa shape index (κ3) is 2.17. The molecule has 1 aromatic heterocycles. The second-order valence-corrected chi connectivity index (χ2v) is 4.67. The quantitative estimate of drug-likeness (QED) is 0.724. The molecule has 0 fully saturated rings. The molecule has 0 unspecified atom stereocenters. The zero-order valence-electron chi connectivity index (χ0n) is 10.2. The first-order valence-corrected chi connectivity index (χ1v) is 6.17. The van der Waals surface area contributed by atoms with Gasteiger partial charge in [-0.05, 0) is 48.0 Å². The number of halogens is 2. The normalized spacial score (nSPS) is 10.9. The number of ether oxygens (including phenoxy) is 1. The van der Waals surface area contributed by atoms with Gasteiger partial charge in [-0.25, -0.2) is 4.39 Å². The average Bonchev–Trinajstić information content (AvgIpc) is 2.84. The van der Waals surface area contributed by atoms with E-state index in [2.05, 4.69) is 4.98 Å². The summed E-state index contributed by atoms with van der Waals surface area (Å²) < 4.78 is 18.3. The van der Waals surface area contributed by atoms with Gasteiger partial charge in [-0.2, -0.15) is 0 Å². The molecule has 0 aliphatic carbocycles. The van der Waals surface area contributed by atoms with Crippen molar-refractivity contribution in [3.8, 4) is 17.0 Å². The molecule has 0 saturated carbocycles. The summed E-state index contributed by atoms with van der Waals surface area (Å²) in [4.78, 5) is 3.27. The molecule has 19 heavy (non-hydrogen) atoms. The van der Waals surface area contributed by atoms with E-state index in [0.29, 0.717) is 0 Å². The van der Waals surface area contributed by atoms with Crippen molar-refractivity contribution in [3.63, 3.8) is 0 Å². The molecule has 0 spiro atoms. The van der Waals surface area contributed by atoms with E-state index in [1.54, 1.807) is 19.2 Å². The van der Waals surface area contributed by atoms with E-state index in [1.807, 2.05) is 24.3 Å². The number of benzene rings is 2. The van der Waals surface area contributed by atoms with Crippen molar-refractivity contribution in [2.24, 2.45) is 0 Å². The van der Waals surface area contributed by atoms with Crippen LogP contribution >= 0.6 is 11.6 Å². The number of hydrogen-bond donors (Lipinski definition) is 1. The first kappa shape index (κ1) is 12.1. The van der Waals surface area contributed by atoms with Crippen molar-refractivity contribution in [1.82, 2.24) is 4.98 Å². The molecule has 0 aliphatic rings. The van der Waals surface area contributed by atoms with Gasteiger partial charge in [0, 0.05) is 16.6 Å². The molecule has 0 amide bonds. The molecule has 2 aromatic carbocycles. The smallest absolute Gasteiger partial charge is 0.141 e. The zero-order valence-corrected chi connectivity index (χ0v) is 11.0. The Morgan fingerprint density at radius 1 is 1.11 bits per heavy atom. The lowest BCUT2D eigenvalue weighted by Gasteiger charge is -1.99. The summed E-state index contributed by atoms with van der Waals surface area (Å²) in [5.74, 6) is 0.387. The Balaban J connectivity index is 2.11. The predicted octanol–water partition coefficient (Wildman–Crippen LogP) is 4.64. The highest BCUT2D eigenvalue weighted by Crippen LogP contribution is 2.29. The van der Waals surface area contributed by atoms with Gasteiger partial charge in [-0.3, -0.25) is 0 Å². The summed E-state index contributed by atoms with van der Waals surface area (Å²) in [6, 6.07) is 12.4. The number of hydrogen-bond acceptors (Lipinski definition) is 1. The Morgan fingerprint density at radius 2 is 1.95 bits per heavy atom. The Hall–Kier alpha value is -2.00. The van der Waals surface area contributed by atoms with Gasteiger partial charge in [0.2, 0.25) is 0 Å².